The molecule has 2 rings (SSSR count). The lowest BCUT2D eigenvalue weighted by Gasteiger charge is -2.10. The van der Waals surface area contributed by atoms with Crippen molar-refractivity contribution < 1.29 is 14.6 Å². The maximum atomic E-state index is 12.5. The molecule has 0 aliphatic carbocycles. The molecule has 1 amide bonds. The van der Waals surface area contributed by atoms with Crippen LogP contribution in [0, 0.1) is 25.2 Å². The largest absolute Gasteiger partial charge is 0.503 e. The number of benzene rings is 2. The van der Waals surface area contributed by atoms with E-state index in [0.29, 0.717) is 17.9 Å². The van der Waals surface area contributed by atoms with Crippen LogP contribution in [-0.2, 0) is 4.79 Å². The van der Waals surface area contributed by atoms with Gasteiger partial charge in [-0.15, -0.1) is 0 Å². The van der Waals surface area contributed by atoms with Crippen LogP contribution in [0.5, 0.6) is 11.5 Å². The van der Waals surface area contributed by atoms with Crippen molar-refractivity contribution in [3.63, 3.8) is 0 Å². The molecule has 5 nitrogen and oxygen atoms in total. The first-order valence-electron chi connectivity index (χ1n) is 8.01. The predicted molar refractivity (Wildman–Crippen MR) is 102 cm³/mol. The van der Waals surface area contributed by atoms with E-state index >= 15 is 0 Å². The number of ether oxygens (including phenoxy) is 1. The van der Waals surface area contributed by atoms with Crippen LogP contribution < -0.4 is 10.1 Å². The molecular weight excluding hydrogens is 352 g/mol. The Bertz CT molecular complexity index is 914. The van der Waals surface area contributed by atoms with E-state index in [-0.39, 0.29) is 22.1 Å². The molecule has 0 radical (unpaired) electrons. The summed E-state index contributed by atoms with van der Waals surface area (Å²) in [5.74, 6) is -0.508. The third kappa shape index (κ3) is 4.56. The first-order chi connectivity index (χ1) is 12.3. The Morgan fingerprint density at radius 1 is 1.35 bits per heavy atom. The Labute approximate surface area is 157 Å². The molecule has 0 spiro atoms. The van der Waals surface area contributed by atoms with Gasteiger partial charge in [-0.2, -0.15) is 5.26 Å². The number of nitrogens with one attached hydrogen (secondary N) is 1. The Morgan fingerprint density at radius 2 is 2.08 bits per heavy atom. The van der Waals surface area contributed by atoms with Gasteiger partial charge in [-0.05, 0) is 61.7 Å². The fraction of sp³-hybridized carbons (Fsp3) is 0.200. The number of anilines is 1. The monoisotopic (exact) mass is 370 g/mol. The summed E-state index contributed by atoms with van der Waals surface area (Å²) in [6.45, 7) is 5.91. The van der Waals surface area contributed by atoms with Crippen molar-refractivity contribution >= 4 is 29.3 Å². The van der Waals surface area contributed by atoms with Gasteiger partial charge in [0.25, 0.3) is 5.91 Å². The SMILES string of the molecule is CCOc1cc(/C=C(\C#N)C(=O)Nc2cc(C)ccc2C)cc(Cl)c1O. The molecule has 2 aromatic carbocycles. The second-order valence-electron chi connectivity index (χ2n) is 5.72. The molecule has 0 unspecified atom stereocenters. The Balaban J connectivity index is 2.34. The number of phenolic OH excluding ortho intramolecular Hbond substituents is 1. The number of carbonyl (C=O) groups excluding carboxylic acids is 1. The lowest BCUT2D eigenvalue weighted by atomic mass is 10.1. The second-order valence-corrected chi connectivity index (χ2v) is 6.13. The smallest absolute Gasteiger partial charge is 0.266 e. The van der Waals surface area contributed by atoms with Crippen LogP contribution in [0.2, 0.25) is 5.02 Å². The van der Waals surface area contributed by atoms with Crippen molar-refractivity contribution in [3.8, 4) is 17.6 Å². The van der Waals surface area contributed by atoms with Gasteiger partial charge < -0.3 is 15.2 Å². The lowest BCUT2D eigenvalue weighted by Crippen LogP contribution is -2.14. The van der Waals surface area contributed by atoms with Crippen LogP contribution in [0.3, 0.4) is 0 Å². The fourth-order valence-electron chi connectivity index (χ4n) is 2.32. The molecule has 0 fully saturated rings. The average molecular weight is 371 g/mol. The summed E-state index contributed by atoms with van der Waals surface area (Å²) in [6, 6.07) is 10.6. The van der Waals surface area contributed by atoms with Crippen molar-refractivity contribution in [1.82, 2.24) is 0 Å². The van der Waals surface area contributed by atoms with Crippen molar-refractivity contribution in [2.45, 2.75) is 20.8 Å². The Morgan fingerprint density at radius 3 is 2.73 bits per heavy atom. The quantitative estimate of drug-likeness (QED) is 0.594. The predicted octanol–water partition coefficient (Wildman–Crippen LogP) is 4.61. The topological polar surface area (TPSA) is 82.3 Å². The first-order valence-corrected chi connectivity index (χ1v) is 8.39. The number of aromatic hydroxyl groups is 1. The van der Waals surface area contributed by atoms with Gasteiger partial charge in [-0.25, -0.2) is 0 Å². The highest BCUT2D eigenvalue weighted by molar-refractivity contribution is 6.32. The molecule has 2 aromatic rings. The standard InChI is InChI=1S/C20H19ClN2O3/c1-4-26-18-10-14(9-16(21)19(18)24)8-15(11-22)20(25)23-17-7-12(2)5-6-13(17)3/h5-10,24H,4H2,1-3H3,(H,23,25)/b15-8+. The molecule has 2 N–H and O–H groups in total. The summed E-state index contributed by atoms with van der Waals surface area (Å²) in [4.78, 5) is 12.5. The van der Waals surface area contributed by atoms with E-state index in [1.807, 2.05) is 38.1 Å². The van der Waals surface area contributed by atoms with E-state index in [1.165, 1.54) is 18.2 Å². The van der Waals surface area contributed by atoms with E-state index in [9.17, 15) is 15.2 Å². The minimum Gasteiger partial charge on any atom is -0.503 e. The Kier molecular flexibility index (Phi) is 6.26. The van der Waals surface area contributed by atoms with Gasteiger partial charge in [-0.3, -0.25) is 4.79 Å². The van der Waals surface area contributed by atoms with Gasteiger partial charge in [0.15, 0.2) is 11.5 Å². The molecule has 0 saturated carbocycles. The number of nitriles is 1. The van der Waals surface area contributed by atoms with Crippen molar-refractivity contribution in [3.05, 3.63) is 57.6 Å². The molecule has 0 heterocycles. The van der Waals surface area contributed by atoms with Crippen LogP contribution in [0.1, 0.15) is 23.6 Å². The number of aryl methyl sites for hydroxylation is 2. The number of carbonyl (C=O) groups is 1. The Hall–Kier alpha value is -2.97. The summed E-state index contributed by atoms with van der Waals surface area (Å²) in [6.07, 6.45) is 1.40. The van der Waals surface area contributed by atoms with Crippen LogP contribution in [0.4, 0.5) is 5.69 Å². The zero-order valence-corrected chi connectivity index (χ0v) is 15.5. The van der Waals surface area contributed by atoms with E-state index in [4.69, 9.17) is 16.3 Å². The number of nitrogens with zero attached hydrogens (tertiary/aromatic N) is 1. The lowest BCUT2D eigenvalue weighted by molar-refractivity contribution is -0.112. The highest BCUT2D eigenvalue weighted by Crippen LogP contribution is 2.35. The van der Waals surface area contributed by atoms with Gasteiger partial charge in [0.2, 0.25) is 0 Å². The maximum absolute atomic E-state index is 12.5. The minimum absolute atomic E-state index is 0.0782. The zero-order chi connectivity index (χ0) is 19.3. The molecule has 0 atom stereocenters. The summed E-state index contributed by atoms with van der Waals surface area (Å²) in [5, 5.41) is 22.1. The molecule has 0 bridgehead atoms. The van der Waals surface area contributed by atoms with E-state index in [1.54, 1.807) is 6.92 Å². The molecule has 0 aliphatic rings. The van der Waals surface area contributed by atoms with Crippen LogP contribution in [0.15, 0.2) is 35.9 Å². The zero-order valence-electron chi connectivity index (χ0n) is 14.8. The molecule has 26 heavy (non-hydrogen) atoms. The van der Waals surface area contributed by atoms with E-state index in [2.05, 4.69) is 5.32 Å². The number of rotatable bonds is 5. The molecule has 0 aromatic heterocycles. The van der Waals surface area contributed by atoms with Crippen molar-refractivity contribution in [1.29, 1.82) is 5.26 Å². The normalized spacial score (nSPS) is 11.0. The molecule has 0 saturated heterocycles. The minimum atomic E-state index is -0.525. The van der Waals surface area contributed by atoms with Gasteiger partial charge in [0.1, 0.15) is 11.6 Å². The molecular formula is C20H19ClN2O3. The van der Waals surface area contributed by atoms with Gasteiger partial charge in [-0.1, -0.05) is 23.7 Å². The first kappa shape index (κ1) is 19.4. The third-order valence-corrected chi connectivity index (χ3v) is 3.96. The van der Waals surface area contributed by atoms with E-state index < -0.39 is 5.91 Å². The number of phenols is 1. The number of hydrogen-bond acceptors (Lipinski definition) is 4. The van der Waals surface area contributed by atoms with Gasteiger partial charge in [0, 0.05) is 5.69 Å². The molecule has 134 valence electrons. The highest BCUT2D eigenvalue weighted by atomic mass is 35.5. The fourth-order valence-corrected chi connectivity index (χ4v) is 2.54. The van der Waals surface area contributed by atoms with Gasteiger partial charge >= 0.3 is 0 Å². The summed E-state index contributed by atoms with van der Waals surface area (Å²) >= 11 is 5.99. The number of hydrogen-bond donors (Lipinski definition) is 2. The third-order valence-electron chi connectivity index (χ3n) is 3.67. The second kappa shape index (κ2) is 8.41. The summed E-state index contributed by atoms with van der Waals surface area (Å²) < 4.78 is 5.31. The van der Waals surface area contributed by atoms with Crippen molar-refractivity contribution in [2.75, 3.05) is 11.9 Å². The summed E-state index contributed by atoms with van der Waals surface area (Å²) in [5.41, 5.74) is 2.93. The molecule has 6 heteroatoms. The average Bonchev–Trinajstić information content (AvgIpc) is 2.60. The van der Waals surface area contributed by atoms with Gasteiger partial charge in [0.05, 0.1) is 11.6 Å². The molecule has 0 aliphatic heterocycles. The van der Waals surface area contributed by atoms with Crippen molar-refractivity contribution in [2.24, 2.45) is 0 Å². The van der Waals surface area contributed by atoms with E-state index in [0.717, 1.165) is 11.1 Å². The van der Waals surface area contributed by atoms with Crippen LogP contribution in [-0.4, -0.2) is 17.6 Å². The van der Waals surface area contributed by atoms with Crippen LogP contribution in [0.25, 0.3) is 6.08 Å². The summed E-state index contributed by atoms with van der Waals surface area (Å²) in [7, 11) is 0. The highest BCUT2D eigenvalue weighted by Gasteiger charge is 2.13. The van der Waals surface area contributed by atoms with Crippen LogP contribution >= 0.6 is 11.6 Å². The number of amides is 1. The number of halogens is 1. The maximum Gasteiger partial charge on any atom is 0.266 e.